The lowest BCUT2D eigenvalue weighted by Crippen LogP contribution is -1.95. The van der Waals surface area contributed by atoms with Crippen molar-refractivity contribution >= 4 is 21.6 Å². The number of aryl methyl sites for hydroxylation is 1. The number of aromatic nitrogens is 2. The summed E-state index contributed by atoms with van der Waals surface area (Å²) in [6.45, 7) is 0. The smallest absolute Gasteiger partial charge is 0.145 e. The third kappa shape index (κ3) is 2.87. The lowest BCUT2D eigenvalue weighted by Gasteiger charge is -2.06. The molecule has 0 saturated carbocycles. The largest absolute Gasteiger partial charge is 0.360 e. The van der Waals surface area contributed by atoms with Gasteiger partial charge in [0.05, 0.1) is 16.4 Å². The molecule has 1 heterocycles. The summed E-state index contributed by atoms with van der Waals surface area (Å²) < 4.78 is 2.68. The predicted octanol–water partition coefficient (Wildman–Crippen LogP) is 3.19. The summed E-state index contributed by atoms with van der Waals surface area (Å²) in [6.07, 6.45) is 3.12. The molecule has 20 heavy (non-hydrogen) atoms. The summed E-state index contributed by atoms with van der Waals surface area (Å²) in [5.41, 5.74) is 2.75. The molecule has 0 spiro atoms. The fraction of sp³-hybridized carbons (Fsp3) is 0.0714. The van der Waals surface area contributed by atoms with Crippen LogP contribution in [0.15, 0.2) is 46.7 Å². The monoisotopic (exact) mass is 327 g/mol. The average molecular weight is 328 g/mol. The number of anilines is 1. The third-order valence-corrected chi connectivity index (χ3v) is 3.23. The van der Waals surface area contributed by atoms with Crippen molar-refractivity contribution in [3.05, 3.63) is 46.7 Å². The Morgan fingerprint density at radius 1 is 1.40 bits per heavy atom. The fourth-order valence-electron chi connectivity index (χ4n) is 1.74. The molecule has 1 aromatic heterocycles. The first-order valence-corrected chi connectivity index (χ1v) is 6.50. The zero-order valence-electron chi connectivity index (χ0n) is 10.6. The average Bonchev–Trinajstić information content (AvgIpc) is 2.79. The second-order valence-corrected chi connectivity index (χ2v) is 4.83. The molecule has 0 amide bonds. The molecule has 0 fully saturated rings. The lowest BCUT2D eigenvalue weighted by molar-refractivity contribution is 0.776. The summed E-state index contributed by atoms with van der Waals surface area (Å²) in [4.78, 5) is 0. The van der Waals surface area contributed by atoms with Crippen LogP contribution in [0.2, 0.25) is 0 Å². The number of halogens is 1. The maximum Gasteiger partial charge on any atom is 0.145 e. The van der Waals surface area contributed by atoms with Crippen molar-refractivity contribution in [1.29, 1.82) is 10.5 Å². The number of hydrogen-bond donors (Lipinski definition) is 1. The molecule has 0 saturated heterocycles. The van der Waals surface area contributed by atoms with Gasteiger partial charge >= 0.3 is 0 Å². The number of nitriles is 2. The van der Waals surface area contributed by atoms with E-state index in [0.717, 1.165) is 21.4 Å². The Kier molecular flexibility index (Phi) is 4.19. The molecular formula is C14H10BrN5. The van der Waals surface area contributed by atoms with E-state index in [1.165, 1.54) is 6.20 Å². The minimum atomic E-state index is 0.0251. The van der Waals surface area contributed by atoms with Crippen LogP contribution in [0.5, 0.6) is 0 Å². The van der Waals surface area contributed by atoms with Crippen molar-refractivity contribution in [2.24, 2.45) is 7.05 Å². The number of nitrogens with zero attached hydrogens (tertiary/aromatic N) is 4. The lowest BCUT2D eigenvalue weighted by atomic mass is 10.1. The van der Waals surface area contributed by atoms with E-state index < -0.39 is 0 Å². The van der Waals surface area contributed by atoms with Gasteiger partial charge in [-0.05, 0) is 28.1 Å². The van der Waals surface area contributed by atoms with E-state index in [9.17, 15) is 0 Å². The zero-order chi connectivity index (χ0) is 14.5. The molecule has 2 aromatic rings. The Morgan fingerprint density at radius 2 is 2.15 bits per heavy atom. The molecule has 0 bridgehead atoms. The molecule has 0 aliphatic heterocycles. The van der Waals surface area contributed by atoms with Crippen LogP contribution in [-0.4, -0.2) is 9.78 Å². The third-order valence-electron chi connectivity index (χ3n) is 2.65. The molecule has 0 atom stereocenters. The first-order chi connectivity index (χ1) is 9.65. The van der Waals surface area contributed by atoms with Gasteiger partial charge in [0.2, 0.25) is 0 Å². The molecule has 0 unspecified atom stereocenters. The normalized spacial score (nSPS) is 9.40. The number of rotatable bonds is 3. The van der Waals surface area contributed by atoms with Gasteiger partial charge in [-0.2, -0.15) is 15.6 Å². The standard InChI is InChI=1S/C14H10BrN5/c1-20-14(13(15)9-19-20)11-3-2-4-12(5-11)18-8-10(6-16)7-17/h2-5,8-9,18H,1H3. The van der Waals surface area contributed by atoms with Crippen LogP contribution >= 0.6 is 15.9 Å². The Bertz CT molecular complexity index is 710. The van der Waals surface area contributed by atoms with Crippen molar-refractivity contribution < 1.29 is 0 Å². The van der Waals surface area contributed by atoms with Gasteiger partial charge in [0.15, 0.2) is 0 Å². The van der Waals surface area contributed by atoms with Crippen LogP contribution in [0.1, 0.15) is 0 Å². The highest BCUT2D eigenvalue weighted by Crippen LogP contribution is 2.29. The maximum absolute atomic E-state index is 8.68. The van der Waals surface area contributed by atoms with Gasteiger partial charge in [-0.15, -0.1) is 0 Å². The zero-order valence-corrected chi connectivity index (χ0v) is 12.2. The summed E-state index contributed by atoms with van der Waals surface area (Å²) in [5, 5.41) is 24.5. The molecule has 0 aliphatic rings. The van der Waals surface area contributed by atoms with Crippen molar-refractivity contribution in [3.8, 4) is 23.4 Å². The molecular weight excluding hydrogens is 318 g/mol. The SMILES string of the molecule is Cn1ncc(Br)c1-c1cccc(NC=C(C#N)C#N)c1. The van der Waals surface area contributed by atoms with E-state index in [1.54, 1.807) is 23.0 Å². The van der Waals surface area contributed by atoms with Crippen molar-refractivity contribution in [2.45, 2.75) is 0 Å². The van der Waals surface area contributed by atoms with Crippen LogP contribution in [0.4, 0.5) is 5.69 Å². The van der Waals surface area contributed by atoms with Gasteiger partial charge < -0.3 is 5.32 Å². The van der Waals surface area contributed by atoms with Gasteiger partial charge in [-0.3, -0.25) is 4.68 Å². The molecule has 2 rings (SSSR count). The molecule has 5 nitrogen and oxygen atoms in total. The first kappa shape index (κ1) is 13.9. The van der Waals surface area contributed by atoms with Crippen LogP contribution in [0.3, 0.4) is 0 Å². The highest BCUT2D eigenvalue weighted by atomic mass is 79.9. The maximum atomic E-state index is 8.68. The van der Waals surface area contributed by atoms with Crippen LogP contribution in [0.25, 0.3) is 11.3 Å². The van der Waals surface area contributed by atoms with Gasteiger partial charge in [0.25, 0.3) is 0 Å². The van der Waals surface area contributed by atoms with Gasteiger partial charge in [0.1, 0.15) is 17.7 Å². The molecule has 6 heteroatoms. The highest BCUT2D eigenvalue weighted by Gasteiger charge is 2.08. The minimum absolute atomic E-state index is 0.0251. The van der Waals surface area contributed by atoms with Crippen LogP contribution < -0.4 is 5.32 Å². The van der Waals surface area contributed by atoms with Gasteiger partial charge in [-0.25, -0.2) is 0 Å². The van der Waals surface area contributed by atoms with E-state index in [4.69, 9.17) is 10.5 Å². The minimum Gasteiger partial charge on any atom is -0.360 e. The van der Waals surface area contributed by atoms with E-state index >= 15 is 0 Å². The molecule has 0 radical (unpaired) electrons. The quantitative estimate of drug-likeness (QED) is 0.878. The Balaban J connectivity index is 2.33. The molecule has 98 valence electrons. The fourth-order valence-corrected chi connectivity index (χ4v) is 2.31. The number of allylic oxidation sites excluding steroid dienone is 1. The van der Waals surface area contributed by atoms with Crippen molar-refractivity contribution in [1.82, 2.24) is 9.78 Å². The Morgan fingerprint density at radius 3 is 2.75 bits per heavy atom. The predicted molar refractivity (Wildman–Crippen MR) is 79.3 cm³/mol. The number of nitrogens with one attached hydrogen (secondary N) is 1. The molecule has 1 N–H and O–H groups in total. The van der Waals surface area contributed by atoms with Crippen molar-refractivity contribution in [2.75, 3.05) is 5.32 Å². The number of benzene rings is 1. The van der Waals surface area contributed by atoms with Gasteiger partial charge in [-0.1, -0.05) is 12.1 Å². The summed E-state index contributed by atoms with van der Waals surface area (Å²) >= 11 is 3.46. The summed E-state index contributed by atoms with van der Waals surface area (Å²) in [7, 11) is 1.86. The van der Waals surface area contributed by atoms with E-state index in [0.29, 0.717) is 0 Å². The first-order valence-electron chi connectivity index (χ1n) is 5.70. The van der Waals surface area contributed by atoms with E-state index in [1.807, 2.05) is 31.3 Å². The van der Waals surface area contributed by atoms with Gasteiger partial charge in [0, 0.05) is 24.5 Å². The molecule has 0 aliphatic carbocycles. The summed E-state index contributed by atoms with van der Waals surface area (Å²) in [5.74, 6) is 0. The second-order valence-electron chi connectivity index (χ2n) is 3.97. The highest BCUT2D eigenvalue weighted by molar-refractivity contribution is 9.10. The van der Waals surface area contributed by atoms with Crippen LogP contribution in [-0.2, 0) is 7.05 Å². The second kappa shape index (κ2) is 6.05. The van der Waals surface area contributed by atoms with Crippen molar-refractivity contribution in [3.63, 3.8) is 0 Å². The number of hydrogen-bond acceptors (Lipinski definition) is 4. The Labute approximate surface area is 124 Å². The van der Waals surface area contributed by atoms with E-state index in [-0.39, 0.29) is 5.57 Å². The van der Waals surface area contributed by atoms with E-state index in [2.05, 4.69) is 26.3 Å². The summed E-state index contributed by atoms with van der Waals surface area (Å²) in [6, 6.07) is 11.2. The van der Waals surface area contributed by atoms with Crippen LogP contribution in [0, 0.1) is 22.7 Å². The Hall–Kier alpha value is -2.57. The topological polar surface area (TPSA) is 77.4 Å². The molecule has 1 aromatic carbocycles.